The lowest BCUT2D eigenvalue weighted by Crippen LogP contribution is -2.16. The lowest BCUT2D eigenvalue weighted by atomic mass is 10.1. The summed E-state index contributed by atoms with van der Waals surface area (Å²) in [5.41, 5.74) is 3.23. The largest absolute Gasteiger partial charge is 0.496 e. The summed E-state index contributed by atoms with van der Waals surface area (Å²) in [6.45, 7) is 1.04. The highest BCUT2D eigenvalue weighted by Gasteiger charge is 2.23. The molecule has 26 heavy (non-hydrogen) atoms. The highest BCUT2D eigenvalue weighted by molar-refractivity contribution is 6.31. The number of fused-ring (bicyclic) bond motifs is 1. The lowest BCUT2D eigenvalue weighted by molar-refractivity contribution is 0.0988. The number of anilines is 1. The Balaban J connectivity index is 1.57. The molecule has 2 N–H and O–H groups in total. The smallest absolute Gasteiger partial charge is 0.292 e. The summed E-state index contributed by atoms with van der Waals surface area (Å²) >= 11 is 6.07. The van der Waals surface area contributed by atoms with Gasteiger partial charge in [0.15, 0.2) is 11.6 Å². The maximum absolute atomic E-state index is 12.5. The summed E-state index contributed by atoms with van der Waals surface area (Å²) in [4.78, 5) is 12.5. The van der Waals surface area contributed by atoms with Gasteiger partial charge in [-0.2, -0.15) is 5.10 Å². The second-order valence-corrected chi connectivity index (χ2v) is 6.27. The molecule has 0 fully saturated rings. The summed E-state index contributed by atoms with van der Waals surface area (Å²) in [5, 5.41) is 10.3. The monoisotopic (exact) mass is 373 g/mol. The van der Waals surface area contributed by atoms with Crippen LogP contribution in [0.15, 0.2) is 34.9 Å². The van der Waals surface area contributed by atoms with E-state index in [0.29, 0.717) is 47.7 Å². The number of ether oxygens (including phenoxy) is 2. The molecular weight excluding hydrogens is 358 g/mol. The summed E-state index contributed by atoms with van der Waals surface area (Å²) in [6, 6.07) is 6.99. The van der Waals surface area contributed by atoms with Gasteiger partial charge in [-0.25, -0.2) is 0 Å². The molecule has 134 valence electrons. The molecule has 1 aromatic carbocycles. The van der Waals surface area contributed by atoms with E-state index >= 15 is 0 Å². The zero-order valence-electron chi connectivity index (χ0n) is 14.0. The topological polar surface area (TPSA) is 89.4 Å². The summed E-state index contributed by atoms with van der Waals surface area (Å²) in [7, 11) is 1.58. The average molecular weight is 374 g/mol. The van der Waals surface area contributed by atoms with E-state index in [1.54, 1.807) is 37.6 Å². The Labute approximate surface area is 154 Å². The molecule has 2 aromatic heterocycles. The number of carbonyl (C=O) groups excluding carboxylic acids is 1. The molecule has 0 radical (unpaired) electrons. The number of nitrogens with one attached hydrogen (secondary N) is 2. The zero-order valence-corrected chi connectivity index (χ0v) is 14.7. The first-order chi connectivity index (χ1) is 12.7. The van der Waals surface area contributed by atoms with Gasteiger partial charge in [-0.1, -0.05) is 11.6 Å². The molecule has 1 amide bonds. The van der Waals surface area contributed by atoms with E-state index in [4.69, 9.17) is 25.5 Å². The van der Waals surface area contributed by atoms with Crippen molar-refractivity contribution >= 4 is 23.3 Å². The van der Waals surface area contributed by atoms with Gasteiger partial charge in [0.1, 0.15) is 5.75 Å². The zero-order chi connectivity index (χ0) is 18.1. The number of H-pyrrole nitrogens is 1. The third-order valence-corrected chi connectivity index (χ3v) is 4.45. The van der Waals surface area contributed by atoms with Crippen LogP contribution in [0, 0.1) is 0 Å². The summed E-state index contributed by atoms with van der Waals surface area (Å²) < 4.78 is 16.1. The molecule has 0 saturated carbocycles. The van der Waals surface area contributed by atoms with Crippen LogP contribution in [0.25, 0.3) is 11.3 Å². The molecular formula is C18H16ClN3O4. The van der Waals surface area contributed by atoms with Crippen LogP contribution in [0.2, 0.25) is 5.02 Å². The van der Waals surface area contributed by atoms with Gasteiger partial charge in [-0.3, -0.25) is 9.89 Å². The number of nitrogens with zero attached hydrogens (tertiary/aromatic N) is 1. The molecule has 8 heteroatoms. The fourth-order valence-electron chi connectivity index (χ4n) is 2.95. The van der Waals surface area contributed by atoms with Crippen LogP contribution in [0.4, 0.5) is 5.82 Å². The Morgan fingerprint density at radius 1 is 1.38 bits per heavy atom. The first-order valence-electron chi connectivity index (χ1n) is 8.03. The van der Waals surface area contributed by atoms with Crippen molar-refractivity contribution in [2.24, 2.45) is 0 Å². The Bertz CT molecular complexity index is 963. The maximum Gasteiger partial charge on any atom is 0.292 e. The van der Waals surface area contributed by atoms with Gasteiger partial charge in [0.05, 0.1) is 32.3 Å². The van der Waals surface area contributed by atoms with Crippen molar-refractivity contribution < 1.29 is 18.7 Å². The van der Waals surface area contributed by atoms with Gasteiger partial charge >= 0.3 is 0 Å². The van der Waals surface area contributed by atoms with Gasteiger partial charge in [-0.05, 0) is 18.2 Å². The van der Waals surface area contributed by atoms with Crippen molar-refractivity contribution in [1.82, 2.24) is 10.2 Å². The summed E-state index contributed by atoms with van der Waals surface area (Å²) in [5.74, 6) is 0.984. The minimum absolute atomic E-state index is 0.299. The van der Waals surface area contributed by atoms with Crippen LogP contribution < -0.4 is 10.1 Å². The lowest BCUT2D eigenvalue weighted by Gasteiger charge is -2.11. The third-order valence-electron chi connectivity index (χ3n) is 4.21. The highest BCUT2D eigenvalue weighted by Crippen LogP contribution is 2.32. The number of halogens is 1. The van der Waals surface area contributed by atoms with E-state index in [1.165, 1.54) is 0 Å². The molecule has 1 aliphatic heterocycles. The average Bonchev–Trinajstić information content (AvgIpc) is 3.28. The first-order valence-corrected chi connectivity index (χ1v) is 8.41. The van der Waals surface area contributed by atoms with Crippen molar-refractivity contribution in [2.45, 2.75) is 13.0 Å². The van der Waals surface area contributed by atoms with Gasteiger partial charge in [-0.15, -0.1) is 0 Å². The second-order valence-electron chi connectivity index (χ2n) is 5.84. The van der Waals surface area contributed by atoms with E-state index in [0.717, 1.165) is 16.7 Å². The Morgan fingerprint density at radius 3 is 3.12 bits per heavy atom. The molecule has 3 heterocycles. The van der Waals surface area contributed by atoms with E-state index in [-0.39, 0.29) is 5.91 Å². The Hall–Kier alpha value is -2.77. The molecule has 0 unspecified atom stereocenters. The van der Waals surface area contributed by atoms with Crippen molar-refractivity contribution in [3.05, 3.63) is 52.4 Å². The maximum atomic E-state index is 12.5. The fraction of sp³-hybridized carbons (Fsp3) is 0.222. The highest BCUT2D eigenvalue weighted by atomic mass is 35.5. The molecule has 0 bridgehead atoms. The van der Waals surface area contributed by atoms with Crippen LogP contribution >= 0.6 is 11.6 Å². The van der Waals surface area contributed by atoms with E-state index in [2.05, 4.69) is 15.5 Å². The van der Waals surface area contributed by atoms with E-state index < -0.39 is 0 Å². The van der Waals surface area contributed by atoms with Crippen LogP contribution in [0.5, 0.6) is 5.75 Å². The minimum Gasteiger partial charge on any atom is -0.496 e. The number of benzene rings is 1. The molecule has 7 nitrogen and oxygen atoms in total. The number of carbonyl (C=O) groups is 1. The predicted molar refractivity (Wildman–Crippen MR) is 95.6 cm³/mol. The predicted octanol–water partition coefficient (Wildman–Crippen LogP) is 3.66. The van der Waals surface area contributed by atoms with Gasteiger partial charge in [0.2, 0.25) is 0 Å². The molecule has 3 aromatic rings. The normalized spacial score (nSPS) is 13.3. The third kappa shape index (κ3) is 3.07. The summed E-state index contributed by atoms with van der Waals surface area (Å²) in [6.07, 6.45) is 2.22. The SMILES string of the molecule is COc1ccc(Cl)cc1-c1cc(NC(=O)c2occ3c2CCOC3)n[nH]1. The van der Waals surface area contributed by atoms with Gasteiger partial charge in [0.25, 0.3) is 5.91 Å². The number of hydrogen-bond acceptors (Lipinski definition) is 5. The van der Waals surface area contributed by atoms with Crippen LogP contribution in [-0.4, -0.2) is 29.8 Å². The Kier molecular flexibility index (Phi) is 4.40. The Morgan fingerprint density at radius 2 is 2.27 bits per heavy atom. The number of methoxy groups -OCH3 is 1. The van der Waals surface area contributed by atoms with Crippen LogP contribution in [0.1, 0.15) is 21.7 Å². The first kappa shape index (κ1) is 16.7. The van der Waals surface area contributed by atoms with E-state index in [1.807, 2.05) is 0 Å². The van der Waals surface area contributed by atoms with Crippen LogP contribution in [0.3, 0.4) is 0 Å². The molecule has 0 saturated heterocycles. The van der Waals surface area contributed by atoms with Crippen molar-refractivity contribution in [3.63, 3.8) is 0 Å². The molecule has 0 aliphatic carbocycles. The second kappa shape index (κ2) is 6.86. The van der Waals surface area contributed by atoms with Crippen molar-refractivity contribution in [3.8, 4) is 17.0 Å². The minimum atomic E-state index is -0.343. The quantitative estimate of drug-likeness (QED) is 0.728. The number of hydrogen-bond donors (Lipinski definition) is 2. The number of furan rings is 1. The molecule has 0 spiro atoms. The molecule has 1 aliphatic rings. The molecule has 4 rings (SSSR count). The molecule has 0 atom stereocenters. The van der Waals surface area contributed by atoms with Crippen molar-refractivity contribution in [2.75, 3.05) is 19.0 Å². The van der Waals surface area contributed by atoms with Gasteiger partial charge in [0, 0.05) is 34.2 Å². The number of aromatic amines is 1. The van der Waals surface area contributed by atoms with Crippen LogP contribution in [-0.2, 0) is 17.8 Å². The fourth-order valence-corrected chi connectivity index (χ4v) is 3.12. The van der Waals surface area contributed by atoms with E-state index in [9.17, 15) is 4.79 Å². The standard InChI is InChI=1S/C18H16ClN3O4/c1-24-15-3-2-11(19)6-13(15)14-7-16(22-21-14)20-18(23)17-12-4-5-25-8-10(12)9-26-17/h2-3,6-7,9H,4-5,8H2,1H3,(H2,20,21,22,23). The number of aromatic nitrogens is 2. The number of rotatable bonds is 4. The van der Waals surface area contributed by atoms with Crippen molar-refractivity contribution in [1.29, 1.82) is 0 Å². The number of amides is 1. The van der Waals surface area contributed by atoms with Gasteiger partial charge < -0.3 is 19.2 Å².